The van der Waals surface area contributed by atoms with Gasteiger partial charge in [-0.3, -0.25) is 5.10 Å². The first-order valence-corrected chi connectivity index (χ1v) is 6.00. The van der Waals surface area contributed by atoms with Crippen LogP contribution in [0.5, 0.6) is 11.6 Å². The van der Waals surface area contributed by atoms with Gasteiger partial charge in [-0.1, -0.05) is 6.07 Å². The van der Waals surface area contributed by atoms with Gasteiger partial charge in [0.25, 0.3) is 0 Å². The average molecular weight is 273 g/mol. The zero-order valence-corrected chi connectivity index (χ0v) is 10.9. The van der Waals surface area contributed by atoms with Gasteiger partial charge in [0, 0.05) is 13.1 Å². The van der Waals surface area contributed by atoms with Crippen LogP contribution >= 0.6 is 0 Å². The van der Waals surface area contributed by atoms with E-state index in [2.05, 4.69) is 25.5 Å². The molecule has 0 aliphatic rings. The Morgan fingerprint density at radius 3 is 2.95 bits per heavy atom. The lowest BCUT2D eigenvalue weighted by Crippen LogP contribution is -1.99. The molecule has 102 valence electrons. The van der Waals surface area contributed by atoms with Crippen LogP contribution in [-0.2, 0) is 0 Å². The second-order valence-electron chi connectivity index (χ2n) is 4.25. The zero-order chi connectivity index (χ0) is 14.1. The molecular weight excluding hydrogens is 261 g/mol. The molecule has 0 spiro atoms. The van der Waals surface area contributed by atoms with E-state index in [0.29, 0.717) is 28.6 Å². The third kappa shape index (κ3) is 2.13. The van der Waals surface area contributed by atoms with Gasteiger partial charge in [0.15, 0.2) is 5.65 Å². The van der Waals surface area contributed by atoms with Gasteiger partial charge in [-0.25, -0.2) is 4.39 Å². The second-order valence-corrected chi connectivity index (χ2v) is 4.25. The van der Waals surface area contributed by atoms with E-state index in [1.165, 1.54) is 12.1 Å². The number of aromatic nitrogens is 4. The SMILES string of the molecule is CNc1nc(Oc2cc(F)ccc2C)c2cn[nH]c2n1. The number of anilines is 1. The Balaban J connectivity index is 2.09. The number of H-pyrrole nitrogens is 1. The van der Waals surface area contributed by atoms with Crippen molar-refractivity contribution < 1.29 is 9.13 Å². The van der Waals surface area contributed by atoms with E-state index in [9.17, 15) is 4.39 Å². The summed E-state index contributed by atoms with van der Waals surface area (Å²) in [6.45, 7) is 1.83. The Kier molecular flexibility index (Phi) is 2.94. The number of hydrogen-bond donors (Lipinski definition) is 2. The molecule has 3 aromatic rings. The van der Waals surface area contributed by atoms with Crippen molar-refractivity contribution in [2.75, 3.05) is 12.4 Å². The number of nitrogens with one attached hydrogen (secondary N) is 2. The maximum atomic E-state index is 13.3. The Bertz CT molecular complexity index is 771. The Morgan fingerprint density at radius 2 is 2.15 bits per heavy atom. The molecule has 20 heavy (non-hydrogen) atoms. The lowest BCUT2D eigenvalue weighted by molar-refractivity contribution is 0.460. The molecule has 0 unspecified atom stereocenters. The summed E-state index contributed by atoms with van der Waals surface area (Å²) in [5, 5.41) is 10.1. The number of halogens is 1. The summed E-state index contributed by atoms with van der Waals surface area (Å²) in [6.07, 6.45) is 1.57. The quantitative estimate of drug-likeness (QED) is 0.767. The van der Waals surface area contributed by atoms with Crippen molar-refractivity contribution in [2.45, 2.75) is 6.92 Å². The molecule has 0 bridgehead atoms. The standard InChI is InChI=1S/C13H12FN5O/c1-7-3-4-8(14)5-10(7)20-12-9-6-16-19-11(9)17-13(15-2)18-12/h3-6H,1-2H3,(H2,15,16,17,18,19). The van der Waals surface area contributed by atoms with Gasteiger partial charge in [0.1, 0.15) is 17.0 Å². The molecule has 7 heteroatoms. The molecule has 0 aliphatic carbocycles. The molecule has 2 heterocycles. The molecule has 2 N–H and O–H groups in total. The summed E-state index contributed by atoms with van der Waals surface area (Å²) in [6, 6.07) is 4.36. The maximum absolute atomic E-state index is 13.3. The number of aromatic amines is 1. The predicted molar refractivity (Wildman–Crippen MR) is 72.4 cm³/mol. The zero-order valence-electron chi connectivity index (χ0n) is 10.9. The molecule has 0 aliphatic heterocycles. The van der Waals surface area contributed by atoms with Crippen molar-refractivity contribution in [1.82, 2.24) is 20.2 Å². The van der Waals surface area contributed by atoms with Gasteiger partial charge < -0.3 is 10.1 Å². The fourth-order valence-electron chi connectivity index (χ4n) is 1.79. The lowest BCUT2D eigenvalue weighted by Gasteiger charge is -2.09. The monoisotopic (exact) mass is 273 g/mol. The topological polar surface area (TPSA) is 75.7 Å². The summed E-state index contributed by atoms with van der Waals surface area (Å²) in [4.78, 5) is 8.43. The molecule has 0 atom stereocenters. The fourth-order valence-corrected chi connectivity index (χ4v) is 1.79. The Hall–Kier alpha value is -2.70. The van der Waals surface area contributed by atoms with Crippen LogP contribution in [0, 0.1) is 12.7 Å². The summed E-state index contributed by atoms with van der Waals surface area (Å²) in [5.41, 5.74) is 1.36. The molecule has 0 radical (unpaired) electrons. The molecule has 0 amide bonds. The first kappa shape index (κ1) is 12.3. The van der Waals surface area contributed by atoms with E-state index in [4.69, 9.17) is 4.74 Å². The van der Waals surface area contributed by atoms with Gasteiger partial charge >= 0.3 is 0 Å². The van der Waals surface area contributed by atoms with Crippen molar-refractivity contribution in [3.05, 3.63) is 35.8 Å². The third-order valence-corrected chi connectivity index (χ3v) is 2.86. The van der Waals surface area contributed by atoms with Crippen molar-refractivity contribution in [2.24, 2.45) is 0 Å². The van der Waals surface area contributed by atoms with Crippen LogP contribution in [0.25, 0.3) is 11.0 Å². The lowest BCUT2D eigenvalue weighted by atomic mass is 10.2. The first-order chi connectivity index (χ1) is 9.67. The van der Waals surface area contributed by atoms with E-state index in [0.717, 1.165) is 5.56 Å². The molecule has 0 fully saturated rings. The number of benzene rings is 1. The van der Waals surface area contributed by atoms with Crippen LogP contribution in [0.3, 0.4) is 0 Å². The fraction of sp³-hybridized carbons (Fsp3) is 0.154. The molecule has 1 aromatic carbocycles. The number of ether oxygens (including phenoxy) is 1. The average Bonchev–Trinajstić information content (AvgIpc) is 2.91. The molecule has 0 saturated carbocycles. The second kappa shape index (κ2) is 4.76. The van der Waals surface area contributed by atoms with Crippen LogP contribution < -0.4 is 10.1 Å². The Morgan fingerprint density at radius 1 is 1.30 bits per heavy atom. The van der Waals surface area contributed by atoms with Crippen LogP contribution in [0.1, 0.15) is 5.56 Å². The van der Waals surface area contributed by atoms with Crippen molar-refractivity contribution in [1.29, 1.82) is 0 Å². The normalized spacial score (nSPS) is 10.8. The van der Waals surface area contributed by atoms with E-state index in [1.807, 2.05) is 6.92 Å². The Labute approximate surface area is 114 Å². The number of aryl methyl sites for hydroxylation is 1. The highest BCUT2D eigenvalue weighted by atomic mass is 19.1. The molecule has 0 saturated heterocycles. The molecule has 3 rings (SSSR count). The van der Waals surface area contributed by atoms with E-state index in [-0.39, 0.29) is 5.82 Å². The van der Waals surface area contributed by atoms with Gasteiger partial charge in [-0.2, -0.15) is 15.1 Å². The summed E-state index contributed by atoms with van der Waals surface area (Å²) in [7, 11) is 1.70. The van der Waals surface area contributed by atoms with E-state index in [1.54, 1.807) is 19.3 Å². The molecular formula is C13H12FN5O. The van der Waals surface area contributed by atoms with Crippen molar-refractivity contribution in [3.63, 3.8) is 0 Å². The minimum Gasteiger partial charge on any atom is -0.438 e. The highest BCUT2D eigenvalue weighted by Crippen LogP contribution is 2.29. The number of fused-ring (bicyclic) bond motifs is 1. The highest BCUT2D eigenvalue weighted by molar-refractivity contribution is 5.80. The van der Waals surface area contributed by atoms with Crippen LogP contribution in [0.2, 0.25) is 0 Å². The van der Waals surface area contributed by atoms with Crippen molar-refractivity contribution in [3.8, 4) is 11.6 Å². The number of hydrogen-bond acceptors (Lipinski definition) is 5. The summed E-state index contributed by atoms with van der Waals surface area (Å²) >= 11 is 0. The van der Waals surface area contributed by atoms with Gasteiger partial charge in [0.05, 0.1) is 6.20 Å². The van der Waals surface area contributed by atoms with Gasteiger partial charge in [-0.05, 0) is 18.6 Å². The van der Waals surface area contributed by atoms with Crippen LogP contribution in [-0.4, -0.2) is 27.2 Å². The number of nitrogens with zero attached hydrogens (tertiary/aromatic N) is 3. The van der Waals surface area contributed by atoms with E-state index < -0.39 is 0 Å². The highest BCUT2D eigenvalue weighted by Gasteiger charge is 2.12. The maximum Gasteiger partial charge on any atom is 0.235 e. The number of rotatable bonds is 3. The molecule has 2 aromatic heterocycles. The minimum atomic E-state index is -0.364. The van der Waals surface area contributed by atoms with Crippen LogP contribution in [0.4, 0.5) is 10.3 Å². The van der Waals surface area contributed by atoms with Crippen molar-refractivity contribution >= 4 is 17.0 Å². The summed E-state index contributed by atoms with van der Waals surface area (Å²) in [5.74, 6) is 0.762. The third-order valence-electron chi connectivity index (χ3n) is 2.86. The first-order valence-electron chi connectivity index (χ1n) is 6.00. The minimum absolute atomic E-state index is 0.321. The van der Waals surface area contributed by atoms with Crippen LogP contribution in [0.15, 0.2) is 24.4 Å². The predicted octanol–water partition coefficient (Wildman–Crippen LogP) is 2.63. The smallest absolute Gasteiger partial charge is 0.235 e. The summed E-state index contributed by atoms with van der Waals surface area (Å²) < 4.78 is 19.0. The van der Waals surface area contributed by atoms with E-state index >= 15 is 0 Å². The van der Waals surface area contributed by atoms with Gasteiger partial charge in [0.2, 0.25) is 11.8 Å². The largest absolute Gasteiger partial charge is 0.438 e. The van der Waals surface area contributed by atoms with Gasteiger partial charge in [-0.15, -0.1) is 0 Å². The molecule has 6 nitrogen and oxygen atoms in total.